The average Bonchev–Trinajstić information content (AvgIpc) is 1.96. The van der Waals surface area contributed by atoms with Crippen LogP contribution in [0.2, 0.25) is 0 Å². The number of nitrogens with zero attached hydrogens (tertiary/aromatic N) is 1. The first kappa shape index (κ1) is 11.6. The lowest BCUT2D eigenvalue weighted by Gasteiger charge is -2.28. The Balaban J connectivity index is 4.37. The van der Waals surface area contributed by atoms with Crippen LogP contribution in [0.5, 0.6) is 0 Å². The zero-order valence-electron chi connectivity index (χ0n) is 7.81. The fourth-order valence-electron chi connectivity index (χ4n) is 0.544. The average molecular weight is 187 g/mol. The topological polar surface area (TPSA) is 77.8 Å². The summed E-state index contributed by atoms with van der Waals surface area (Å²) in [6, 6.07) is 0. The highest BCUT2D eigenvalue weighted by Gasteiger charge is 2.22. The van der Waals surface area contributed by atoms with E-state index in [0.29, 0.717) is 11.1 Å². The predicted octanol–water partition coefficient (Wildman–Crippen LogP) is 0.643. The van der Waals surface area contributed by atoms with E-state index in [1.807, 2.05) is 0 Å². The van der Waals surface area contributed by atoms with Gasteiger partial charge in [-0.15, -0.1) is 0 Å². The number of carboxylic acids is 1. The molecule has 0 atom stereocenters. The quantitative estimate of drug-likeness (QED) is 0.378. The smallest absolute Gasteiger partial charge is 0.328 e. The van der Waals surface area contributed by atoms with E-state index in [9.17, 15) is 14.8 Å². The molecular formula is C8H13NO4. The van der Waals surface area contributed by atoms with Crippen molar-refractivity contribution >= 4 is 11.9 Å². The molecule has 0 aliphatic rings. The van der Waals surface area contributed by atoms with Crippen LogP contribution in [0, 0.1) is 0 Å². The molecular weight excluding hydrogens is 174 g/mol. The highest BCUT2D eigenvalue weighted by atomic mass is 16.5. The number of rotatable bonds is 2. The first-order valence-electron chi connectivity index (χ1n) is 3.69. The van der Waals surface area contributed by atoms with E-state index in [1.165, 1.54) is 0 Å². The molecule has 0 radical (unpaired) electrons. The maximum atomic E-state index is 11.0. The number of carbonyl (C=O) groups is 2. The van der Waals surface area contributed by atoms with Crippen molar-refractivity contribution in [3.05, 3.63) is 12.2 Å². The van der Waals surface area contributed by atoms with Gasteiger partial charge in [-0.1, -0.05) is 0 Å². The first-order chi connectivity index (χ1) is 5.75. The summed E-state index contributed by atoms with van der Waals surface area (Å²) in [5.41, 5.74) is -0.736. The van der Waals surface area contributed by atoms with E-state index in [0.717, 1.165) is 6.08 Å². The number of amides is 1. The van der Waals surface area contributed by atoms with Crippen LogP contribution in [-0.4, -0.2) is 32.8 Å². The van der Waals surface area contributed by atoms with Gasteiger partial charge >= 0.3 is 5.97 Å². The van der Waals surface area contributed by atoms with Crippen LogP contribution in [0.25, 0.3) is 0 Å². The molecule has 1 amide bonds. The number of carbonyl (C=O) groups excluding carboxylic acids is 1. The Kier molecular flexibility index (Phi) is 3.62. The van der Waals surface area contributed by atoms with Gasteiger partial charge in [0.15, 0.2) is 0 Å². The van der Waals surface area contributed by atoms with Gasteiger partial charge in [0, 0.05) is 12.2 Å². The van der Waals surface area contributed by atoms with Crippen LogP contribution in [0.1, 0.15) is 20.8 Å². The summed E-state index contributed by atoms with van der Waals surface area (Å²) in [5, 5.41) is 17.9. The molecule has 0 aliphatic heterocycles. The standard InChI is InChI=1S/C8H13NO4/c1-8(2,3)9(13)6(10)4-5-7(11)12/h4-5,13H,1-3H3,(H,11,12)/b5-4+. The fourth-order valence-corrected chi connectivity index (χ4v) is 0.544. The summed E-state index contributed by atoms with van der Waals surface area (Å²) >= 11 is 0. The molecule has 0 saturated carbocycles. The van der Waals surface area contributed by atoms with Crippen molar-refractivity contribution in [2.24, 2.45) is 0 Å². The Hall–Kier alpha value is -1.36. The maximum absolute atomic E-state index is 11.0. The largest absolute Gasteiger partial charge is 0.478 e. The van der Waals surface area contributed by atoms with Gasteiger partial charge in [0.2, 0.25) is 0 Å². The molecule has 0 spiro atoms. The Labute approximate surface area is 76.2 Å². The summed E-state index contributed by atoms with van der Waals surface area (Å²) in [4.78, 5) is 21.1. The molecule has 0 rings (SSSR count). The number of hydrogen-bond donors (Lipinski definition) is 2. The molecule has 0 unspecified atom stereocenters. The summed E-state index contributed by atoms with van der Waals surface area (Å²) in [6.45, 7) is 4.87. The molecule has 0 aromatic rings. The van der Waals surface area contributed by atoms with Crippen molar-refractivity contribution in [2.45, 2.75) is 26.3 Å². The Morgan fingerprint density at radius 2 is 1.69 bits per heavy atom. The van der Waals surface area contributed by atoms with E-state index in [1.54, 1.807) is 20.8 Å². The molecule has 0 aromatic carbocycles. The predicted molar refractivity (Wildman–Crippen MR) is 45.2 cm³/mol. The number of hydrogen-bond acceptors (Lipinski definition) is 3. The summed E-state index contributed by atoms with van der Waals surface area (Å²) < 4.78 is 0. The second kappa shape index (κ2) is 4.04. The first-order valence-corrected chi connectivity index (χ1v) is 3.69. The van der Waals surface area contributed by atoms with Crippen LogP contribution in [0.3, 0.4) is 0 Å². The monoisotopic (exact) mass is 187 g/mol. The second-order valence-corrected chi connectivity index (χ2v) is 3.49. The van der Waals surface area contributed by atoms with Gasteiger partial charge in [-0.25, -0.2) is 9.86 Å². The third kappa shape index (κ3) is 4.27. The lowest BCUT2D eigenvalue weighted by atomic mass is 10.1. The van der Waals surface area contributed by atoms with Crippen LogP contribution in [0.15, 0.2) is 12.2 Å². The lowest BCUT2D eigenvalue weighted by Crippen LogP contribution is -2.42. The van der Waals surface area contributed by atoms with Gasteiger partial charge in [0.25, 0.3) is 5.91 Å². The number of carboxylic acid groups (broad SMARTS) is 1. The SMILES string of the molecule is CC(C)(C)N(O)C(=O)/C=C/C(=O)O. The van der Waals surface area contributed by atoms with Crippen molar-refractivity contribution in [1.29, 1.82) is 0 Å². The molecule has 74 valence electrons. The molecule has 0 bridgehead atoms. The van der Waals surface area contributed by atoms with Gasteiger partial charge < -0.3 is 5.11 Å². The van der Waals surface area contributed by atoms with Crippen molar-refractivity contribution in [3.63, 3.8) is 0 Å². The van der Waals surface area contributed by atoms with Crippen molar-refractivity contribution in [3.8, 4) is 0 Å². The number of hydroxylamine groups is 2. The molecule has 0 heterocycles. The fraction of sp³-hybridized carbons (Fsp3) is 0.500. The van der Waals surface area contributed by atoms with Crippen molar-refractivity contribution < 1.29 is 19.9 Å². The van der Waals surface area contributed by atoms with Gasteiger partial charge in [0.1, 0.15) is 0 Å². The molecule has 2 N–H and O–H groups in total. The van der Waals surface area contributed by atoms with Gasteiger partial charge in [-0.3, -0.25) is 10.0 Å². The van der Waals surface area contributed by atoms with Crippen LogP contribution in [0.4, 0.5) is 0 Å². The van der Waals surface area contributed by atoms with Gasteiger partial charge in [-0.05, 0) is 20.8 Å². The molecule has 5 nitrogen and oxygen atoms in total. The summed E-state index contributed by atoms with van der Waals surface area (Å²) in [6.07, 6.45) is 1.48. The normalized spacial score (nSPS) is 11.7. The minimum Gasteiger partial charge on any atom is -0.478 e. The van der Waals surface area contributed by atoms with Crippen molar-refractivity contribution in [1.82, 2.24) is 5.06 Å². The van der Waals surface area contributed by atoms with E-state index >= 15 is 0 Å². The van der Waals surface area contributed by atoms with Crippen LogP contribution >= 0.6 is 0 Å². The zero-order chi connectivity index (χ0) is 10.6. The lowest BCUT2D eigenvalue weighted by molar-refractivity contribution is -0.180. The van der Waals surface area contributed by atoms with Crippen molar-refractivity contribution in [2.75, 3.05) is 0 Å². The third-order valence-electron chi connectivity index (χ3n) is 1.21. The van der Waals surface area contributed by atoms with E-state index in [4.69, 9.17) is 5.11 Å². The second-order valence-electron chi connectivity index (χ2n) is 3.49. The van der Waals surface area contributed by atoms with E-state index < -0.39 is 17.4 Å². The Bertz CT molecular complexity index is 239. The molecule has 5 heteroatoms. The summed E-state index contributed by atoms with van der Waals surface area (Å²) in [5.74, 6) is -1.98. The Morgan fingerprint density at radius 3 is 2.00 bits per heavy atom. The number of aliphatic carboxylic acids is 1. The van der Waals surface area contributed by atoms with Crippen LogP contribution in [-0.2, 0) is 9.59 Å². The summed E-state index contributed by atoms with van der Waals surface area (Å²) in [7, 11) is 0. The molecule has 13 heavy (non-hydrogen) atoms. The maximum Gasteiger partial charge on any atom is 0.328 e. The molecule has 0 saturated heterocycles. The minimum atomic E-state index is -1.23. The zero-order valence-corrected chi connectivity index (χ0v) is 7.81. The third-order valence-corrected chi connectivity index (χ3v) is 1.21. The highest BCUT2D eigenvalue weighted by Crippen LogP contribution is 2.10. The Morgan fingerprint density at radius 1 is 1.23 bits per heavy atom. The highest BCUT2D eigenvalue weighted by molar-refractivity contribution is 5.93. The minimum absolute atomic E-state index is 0.479. The van der Waals surface area contributed by atoms with Gasteiger partial charge in [0.05, 0.1) is 5.54 Å². The molecule has 0 aliphatic carbocycles. The molecule has 0 fully saturated rings. The van der Waals surface area contributed by atoms with E-state index in [2.05, 4.69) is 0 Å². The van der Waals surface area contributed by atoms with Crippen LogP contribution < -0.4 is 0 Å². The molecule has 0 aromatic heterocycles. The van der Waals surface area contributed by atoms with E-state index in [-0.39, 0.29) is 0 Å². The van der Waals surface area contributed by atoms with Gasteiger partial charge in [-0.2, -0.15) is 0 Å².